The highest BCUT2D eigenvalue weighted by Gasteiger charge is 2.15. The second-order valence-corrected chi connectivity index (χ2v) is 5.32. The molecule has 0 bridgehead atoms. The van der Waals surface area contributed by atoms with Gasteiger partial charge in [-0.05, 0) is 37.1 Å². The standard InChI is InChI=1S/C13H17BrN2O2/c14-10-5-7-11(8-6-10)16-13(17)9-15-18-12-3-1-2-4-12/h5-8,12,15H,1-4,9H2,(H,16,17). The van der Waals surface area contributed by atoms with Gasteiger partial charge < -0.3 is 5.32 Å². The van der Waals surface area contributed by atoms with Gasteiger partial charge in [-0.2, -0.15) is 5.48 Å². The molecule has 1 aromatic carbocycles. The normalized spacial score (nSPS) is 15.8. The lowest BCUT2D eigenvalue weighted by molar-refractivity contribution is -0.119. The van der Waals surface area contributed by atoms with Crippen LogP contribution in [0, 0.1) is 0 Å². The van der Waals surface area contributed by atoms with Crippen molar-refractivity contribution in [2.24, 2.45) is 0 Å². The van der Waals surface area contributed by atoms with Crippen LogP contribution in [-0.2, 0) is 9.63 Å². The molecule has 98 valence electrons. The molecule has 2 rings (SSSR count). The summed E-state index contributed by atoms with van der Waals surface area (Å²) in [7, 11) is 0. The molecule has 18 heavy (non-hydrogen) atoms. The van der Waals surface area contributed by atoms with Gasteiger partial charge in [0.15, 0.2) is 0 Å². The Morgan fingerprint density at radius 3 is 2.61 bits per heavy atom. The second kappa shape index (κ2) is 6.87. The molecule has 1 saturated carbocycles. The highest BCUT2D eigenvalue weighted by Crippen LogP contribution is 2.19. The van der Waals surface area contributed by atoms with E-state index in [1.54, 1.807) is 0 Å². The van der Waals surface area contributed by atoms with E-state index in [0.29, 0.717) is 0 Å². The number of hydrogen-bond acceptors (Lipinski definition) is 3. The molecule has 1 fully saturated rings. The van der Waals surface area contributed by atoms with Crippen LogP contribution in [0.15, 0.2) is 28.7 Å². The third-order valence-corrected chi connectivity index (χ3v) is 3.44. The molecule has 1 aliphatic rings. The summed E-state index contributed by atoms with van der Waals surface area (Å²) in [6.45, 7) is 0.173. The highest BCUT2D eigenvalue weighted by molar-refractivity contribution is 9.10. The van der Waals surface area contributed by atoms with Crippen LogP contribution in [0.5, 0.6) is 0 Å². The Balaban J connectivity index is 1.66. The minimum absolute atomic E-state index is 0.102. The number of carbonyl (C=O) groups excluding carboxylic acids is 1. The molecular weight excluding hydrogens is 296 g/mol. The molecule has 2 N–H and O–H groups in total. The summed E-state index contributed by atoms with van der Waals surface area (Å²) in [5, 5.41) is 2.79. The summed E-state index contributed by atoms with van der Waals surface area (Å²) in [6.07, 6.45) is 4.88. The molecule has 0 aromatic heterocycles. The molecule has 0 saturated heterocycles. The van der Waals surface area contributed by atoms with Gasteiger partial charge in [-0.25, -0.2) is 0 Å². The summed E-state index contributed by atoms with van der Waals surface area (Å²) >= 11 is 3.35. The molecule has 0 atom stereocenters. The van der Waals surface area contributed by atoms with Crippen LogP contribution in [0.1, 0.15) is 25.7 Å². The van der Waals surface area contributed by atoms with E-state index < -0.39 is 0 Å². The average molecular weight is 313 g/mol. The Kier molecular flexibility index (Phi) is 5.16. The molecule has 0 unspecified atom stereocenters. The zero-order valence-electron chi connectivity index (χ0n) is 10.1. The van der Waals surface area contributed by atoms with E-state index in [2.05, 4.69) is 26.7 Å². The maximum absolute atomic E-state index is 11.6. The Hall–Kier alpha value is -0.910. The number of anilines is 1. The van der Waals surface area contributed by atoms with Crippen LogP contribution in [0.4, 0.5) is 5.69 Å². The Morgan fingerprint density at radius 2 is 1.94 bits per heavy atom. The maximum atomic E-state index is 11.6. The van der Waals surface area contributed by atoms with Crippen molar-refractivity contribution in [1.29, 1.82) is 0 Å². The lowest BCUT2D eigenvalue weighted by Gasteiger charge is -2.11. The molecule has 1 amide bonds. The van der Waals surface area contributed by atoms with E-state index in [1.165, 1.54) is 12.8 Å². The lowest BCUT2D eigenvalue weighted by Crippen LogP contribution is -2.31. The van der Waals surface area contributed by atoms with Crippen molar-refractivity contribution in [2.45, 2.75) is 31.8 Å². The summed E-state index contributed by atoms with van der Waals surface area (Å²) in [5.41, 5.74) is 3.52. The molecule has 0 spiro atoms. The molecule has 0 heterocycles. The number of amides is 1. The minimum atomic E-state index is -0.102. The Labute approximate surface area is 115 Å². The summed E-state index contributed by atoms with van der Waals surface area (Å²) in [4.78, 5) is 17.0. The first-order chi connectivity index (χ1) is 8.74. The van der Waals surface area contributed by atoms with Crippen LogP contribution in [-0.4, -0.2) is 18.6 Å². The molecule has 4 nitrogen and oxygen atoms in total. The predicted octanol–water partition coefficient (Wildman–Crippen LogP) is 2.85. The maximum Gasteiger partial charge on any atom is 0.240 e. The summed E-state index contributed by atoms with van der Waals surface area (Å²) in [5.74, 6) is -0.102. The van der Waals surface area contributed by atoms with E-state index in [1.807, 2.05) is 24.3 Å². The molecule has 0 radical (unpaired) electrons. The molecule has 5 heteroatoms. The number of hydrogen-bond donors (Lipinski definition) is 2. The summed E-state index contributed by atoms with van der Waals surface area (Å²) < 4.78 is 0.989. The van der Waals surface area contributed by atoms with Gasteiger partial charge in [0.2, 0.25) is 5.91 Å². The second-order valence-electron chi connectivity index (χ2n) is 4.40. The van der Waals surface area contributed by atoms with Crippen LogP contribution in [0.2, 0.25) is 0 Å². The Morgan fingerprint density at radius 1 is 1.28 bits per heavy atom. The number of nitrogens with one attached hydrogen (secondary N) is 2. The van der Waals surface area contributed by atoms with Crippen molar-refractivity contribution < 1.29 is 9.63 Å². The monoisotopic (exact) mass is 312 g/mol. The van der Waals surface area contributed by atoms with Crippen LogP contribution >= 0.6 is 15.9 Å². The third-order valence-electron chi connectivity index (χ3n) is 2.91. The van der Waals surface area contributed by atoms with Gasteiger partial charge in [0.25, 0.3) is 0 Å². The van der Waals surface area contributed by atoms with Gasteiger partial charge in [0.1, 0.15) is 6.54 Å². The van der Waals surface area contributed by atoms with Crippen LogP contribution < -0.4 is 10.8 Å². The zero-order chi connectivity index (χ0) is 12.8. The SMILES string of the molecule is O=C(CNOC1CCCC1)Nc1ccc(Br)cc1. The van der Waals surface area contributed by atoms with Gasteiger partial charge >= 0.3 is 0 Å². The van der Waals surface area contributed by atoms with Crippen LogP contribution in [0.3, 0.4) is 0 Å². The number of halogens is 1. The van der Waals surface area contributed by atoms with Crippen molar-refractivity contribution in [3.8, 4) is 0 Å². The van der Waals surface area contributed by atoms with Crippen molar-refractivity contribution in [3.63, 3.8) is 0 Å². The van der Waals surface area contributed by atoms with Crippen LogP contribution in [0.25, 0.3) is 0 Å². The van der Waals surface area contributed by atoms with Gasteiger partial charge in [-0.1, -0.05) is 28.8 Å². The first-order valence-electron chi connectivity index (χ1n) is 6.18. The van der Waals surface area contributed by atoms with Crippen molar-refractivity contribution in [1.82, 2.24) is 5.48 Å². The fourth-order valence-electron chi connectivity index (χ4n) is 1.97. The van der Waals surface area contributed by atoms with E-state index >= 15 is 0 Å². The van der Waals surface area contributed by atoms with Crippen molar-refractivity contribution in [3.05, 3.63) is 28.7 Å². The number of rotatable bonds is 5. The highest BCUT2D eigenvalue weighted by atomic mass is 79.9. The van der Waals surface area contributed by atoms with E-state index in [4.69, 9.17) is 4.84 Å². The Bertz CT molecular complexity index is 388. The zero-order valence-corrected chi connectivity index (χ0v) is 11.7. The average Bonchev–Trinajstić information content (AvgIpc) is 2.85. The molecule has 0 aliphatic heterocycles. The van der Waals surface area contributed by atoms with Gasteiger partial charge in [0, 0.05) is 10.2 Å². The summed E-state index contributed by atoms with van der Waals surface area (Å²) in [6, 6.07) is 7.47. The number of benzene rings is 1. The molecule has 1 aliphatic carbocycles. The molecule has 1 aromatic rings. The number of hydroxylamine groups is 1. The first-order valence-corrected chi connectivity index (χ1v) is 6.97. The van der Waals surface area contributed by atoms with Gasteiger partial charge in [-0.15, -0.1) is 0 Å². The smallest absolute Gasteiger partial charge is 0.240 e. The van der Waals surface area contributed by atoms with E-state index in [-0.39, 0.29) is 18.6 Å². The largest absolute Gasteiger partial charge is 0.325 e. The lowest BCUT2D eigenvalue weighted by atomic mass is 10.3. The first kappa shape index (κ1) is 13.5. The fourth-order valence-corrected chi connectivity index (χ4v) is 2.23. The van der Waals surface area contributed by atoms with Crippen molar-refractivity contribution >= 4 is 27.5 Å². The van der Waals surface area contributed by atoms with Crippen molar-refractivity contribution in [2.75, 3.05) is 11.9 Å². The number of carbonyl (C=O) groups is 1. The quantitative estimate of drug-likeness (QED) is 0.822. The van der Waals surface area contributed by atoms with E-state index in [9.17, 15) is 4.79 Å². The van der Waals surface area contributed by atoms with Gasteiger partial charge in [0.05, 0.1) is 6.10 Å². The third kappa shape index (κ3) is 4.40. The minimum Gasteiger partial charge on any atom is -0.325 e. The van der Waals surface area contributed by atoms with Gasteiger partial charge in [-0.3, -0.25) is 9.63 Å². The predicted molar refractivity (Wildman–Crippen MR) is 74.1 cm³/mol. The van der Waals surface area contributed by atoms with E-state index in [0.717, 1.165) is 23.0 Å². The topological polar surface area (TPSA) is 50.4 Å². The molecular formula is C13H17BrN2O2. The fraction of sp³-hybridized carbons (Fsp3) is 0.462.